The first-order valence-electron chi connectivity index (χ1n) is 2.98. The summed E-state index contributed by atoms with van der Waals surface area (Å²) in [5, 5.41) is 12.0. The van der Waals surface area contributed by atoms with Crippen molar-refractivity contribution in [3.05, 3.63) is 0 Å². The molecule has 1 aliphatic heterocycles. The van der Waals surface area contributed by atoms with Crippen molar-refractivity contribution in [2.45, 2.75) is 25.9 Å². The molecule has 3 heteroatoms. The van der Waals surface area contributed by atoms with Crippen LogP contribution >= 0.6 is 0 Å². The standard InChI is InChI=1S/C6H8N2O/c1-2-5-3-6(4-7)9-8-5/h6H,2-3H2,1H3. The Labute approximate surface area is 53.9 Å². The first-order chi connectivity index (χ1) is 4.36. The van der Waals surface area contributed by atoms with E-state index in [2.05, 4.69) is 5.16 Å². The zero-order valence-electron chi connectivity index (χ0n) is 5.29. The molecule has 0 aromatic carbocycles. The summed E-state index contributed by atoms with van der Waals surface area (Å²) in [5.41, 5.74) is 0.988. The van der Waals surface area contributed by atoms with Crippen LogP contribution in [-0.2, 0) is 4.84 Å². The van der Waals surface area contributed by atoms with Gasteiger partial charge in [-0.15, -0.1) is 0 Å². The van der Waals surface area contributed by atoms with Crippen LogP contribution in [0.3, 0.4) is 0 Å². The lowest BCUT2D eigenvalue weighted by Gasteiger charge is -1.91. The highest BCUT2D eigenvalue weighted by Crippen LogP contribution is 2.10. The van der Waals surface area contributed by atoms with Crippen LogP contribution in [0.15, 0.2) is 5.16 Å². The normalized spacial score (nSPS) is 24.4. The summed E-state index contributed by atoms with van der Waals surface area (Å²) in [6, 6.07) is 1.99. The van der Waals surface area contributed by atoms with Crippen LogP contribution in [0, 0.1) is 11.3 Å². The van der Waals surface area contributed by atoms with Crippen LogP contribution in [0.1, 0.15) is 19.8 Å². The molecule has 0 N–H and O–H groups in total. The van der Waals surface area contributed by atoms with E-state index in [0.717, 1.165) is 12.1 Å². The van der Waals surface area contributed by atoms with Gasteiger partial charge >= 0.3 is 0 Å². The fourth-order valence-electron chi connectivity index (χ4n) is 0.705. The molecule has 0 spiro atoms. The van der Waals surface area contributed by atoms with Crippen molar-refractivity contribution in [1.29, 1.82) is 5.26 Å². The average Bonchev–Trinajstić information content (AvgIpc) is 2.34. The van der Waals surface area contributed by atoms with Gasteiger partial charge in [-0.3, -0.25) is 0 Å². The number of oxime groups is 1. The quantitative estimate of drug-likeness (QED) is 0.524. The third-order valence-corrected chi connectivity index (χ3v) is 1.28. The fourth-order valence-corrected chi connectivity index (χ4v) is 0.705. The third kappa shape index (κ3) is 1.20. The van der Waals surface area contributed by atoms with E-state index < -0.39 is 0 Å². The first-order valence-corrected chi connectivity index (χ1v) is 2.98. The molecule has 0 radical (unpaired) electrons. The Hall–Kier alpha value is -1.04. The molecule has 1 unspecified atom stereocenters. The predicted octanol–water partition coefficient (Wildman–Crippen LogP) is 1.06. The molecule has 0 saturated heterocycles. The Morgan fingerprint density at radius 2 is 2.78 bits per heavy atom. The summed E-state index contributed by atoms with van der Waals surface area (Å²) in [7, 11) is 0. The van der Waals surface area contributed by atoms with Gasteiger partial charge in [-0.2, -0.15) is 5.26 Å². The number of rotatable bonds is 1. The van der Waals surface area contributed by atoms with E-state index in [0.29, 0.717) is 6.42 Å². The van der Waals surface area contributed by atoms with Gasteiger partial charge in [-0.25, -0.2) is 0 Å². The molecular formula is C6H8N2O. The van der Waals surface area contributed by atoms with E-state index in [4.69, 9.17) is 10.1 Å². The number of nitrogens with zero attached hydrogens (tertiary/aromatic N) is 2. The fraction of sp³-hybridized carbons (Fsp3) is 0.667. The van der Waals surface area contributed by atoms with Crippen LogP contribution < -0.4 is 0 Å². The lowest BCUT2D eigenvalue weighted by Crippen LogP contribution is -2.02. The molecule has 0 amide bonds. The Morgan fingerprint density at radius 3 is 3.11 bits per heavy atom. The number of hydrogen-bond acceptors (Lipinski definition) is 3. The minimum atomic E-state index is -0.319. The van der Waals surface area contributed by atoms with Crippen molar-refractivity contribution >= 4 is 5.71 Å². The molecule has 0 aromatic rings. The topological polar surface area (TPSA) is 45.4 Å². The molecule has 9 heavy (non-hydrogen) atoms. The summed E-state index contributed by atoms with van der Waals surface area (Å²) in [6.07, 6.45) is 1.26. The zero-order valence-corrected chi connectivity index (χ0v) is 5.29. The lowest BCUT2D eigenvalue weighted by atomic mass is 10.1. The van der Waals surface area contributed by atoms with E-state index in [-0.39, 0.29) is 6.10 Å². The van der Waals surface area contributed by atoms with Crippen LogP contribution in [0.25, 0.3) is 0 Å². The highest BCUT2D eigenvalue weighted by molar-refractivity contribution is 5.85. The molecule has 48 valence electrons. The molecular weight excluding hydrogens is 116 g/mol. The van der Waals surface area contributed by atoms with Crippen LogP contribution in [-0.4, -0.2) is 11.8 Å². The maximum Gasteiger partial charge on any atom is 0.217 e. The predicted molar refractivity (Wildman–Crippen MR) is 32.8 cm³/mol. The smallest absolute Gasteiger partial charge is 0.217 e. The Morgan fingerprint density at radius 1 is 2.00 bits per heavy atom. The van der Waals surface area contributed by atoms with Gasteiger partial charge in [0.15, 0.2) is 0 Å². The molecule has 1 heterocycles. The zero-order chi connectivity index (χ0) is 6.69. The second kappa shape index (κ2) is 2.49. The second-order valence-corrected chi connectivity index (χ2v) is 1.94. The van der Waals surface area contributed by atoms with E-state index in [1.54, 1.807) is 0 Å². The third-order valence-electron chi connectivity index (χ3n) is 1.28. The van der Waals surface area contributed by atoms with Crippen molar-refractivity contribution in [2.24, 2.45) is 5.16 Å². The van der Waals surface area contributed by atoms with Gasteiger partial charge in [0.2, 0.25) is 6.10 Å². The molecule has 0 aliphatic carbocycles. The Bertz CT molecular complexity index is 168. The second-order valence-electron chi connectivity index (χ2n) is 1.94. The minimum Gasteiger partial charge on any atom is -0.377 e. The van der Waals surface area contributed by atoms with Gasteiger partial charge in [0.05, 0.1) is 5.71 Å². The summed E-state index contributed by atoms with van der Waals surface area (Å²) in [6.45, 7) is 2.00. The molecule has 1 rings (SSSR count). The summed E-state index contributed by atoms with van der Waals surface area (Å²) in [5.74, 6) is 0. The van der Waals surface area contributed by atoms with Crippen molar-refractivity contribution in [3.63, 3.8) is 0 Å². The van der Waals surface area contributed by atoms with E-state index in [9.17, 15) is 0 Å². The first kappa shape index (κ1) is 6.09. The van der Waals surface area contributed by atoms with Crippen molar-refractivity contribution in [2.75, 3.05) is 0 Å². The van der Waals surface area contributed by atoms with Crippen LogP contribution in [0.5, 0.6) is 0 Å². The summed E-state index contributed by atoms with van der Waals surface area (Å²) in [4.78, 5) is 4.73. The van der Waals surface area contributed by atoms with E-state index >= 15 is 0 Å². The Balaban J connectivity index is 2.42. The molecule has 0 bridgehead atoms. The molecule has 3 nitrogen and oxygen atoms in total. The van der Waals surface area contributed by atoms with Gasteiger partial charge in [-0.05, 0) is 6.42 Å². The van der Waals surface area contributed by atoms with Gasteiger partial charge in [0.1, 0.15) is 6.07 Å². The maximum atomic E-state index is 8.33. The lowest BCUT2D eigenvalue weighted by molar-refractivity contribution is 0.125. The van der Waals surface area contributed by atoms with Crippen molar-refractivity contribution < 1.29 is 4.84 Å². The number of hydrogen-bond donors (Lipinski definition) is 0. The van der Waals surface area contributed by atoms with Crippen LogP contribution in [0.2, 0.25) is 0 Å². The maximum absolute atomic E-state index is 8.33. The molecule has 0 fully saturated rings. The van der Waals surface area contributed by atoms with Gasteiger partial charge in [0, 0.05) is 6.42 Å². The molecule has 1 atom stereocenters. The van der Waals surface area contributed by atoms with Crippen LogP contribution in [0.4, 0.5) is 0 Å². The summed E-state index contributed by atoms with van der Waals surface area (Å²) >= 11 is 0. The molecule has 1 aliphatic rings. The van der Waals surface area contributed by atoms with Crippen molar-refractivity contribution in [1.82, 2.24) is 0 Å². The SMILES string of the molecule is CCC1=NOC(C#N)C1. The summed E-state index contributed by atoms with van der Waals surface area (Å²) < 4.78 is 0. The van der Waals surface area contributed by atoms with Gasteiger partial charge in [0.25, 0.3) is 0 Å². The van der Waals surface area contributed by atoms with Gasteiger partial charge < -0.3 is 4.84 Å². The highest BCUT2D eigenvalue weighted by Gasteiger charge is 2.17. The van der Waals surface area contributed by atoms with E-state index in [1.165, 1.54) is 0 Å². The molecule has 0 saturated carbocycles. The Kier molecular flexibility index (Phi) is 1.69. The average molecular weight is 124 g/mol. The van der Waals surface area contributed by atoms with Gasteiger partial charge in [-0.1, -0.05) is 12.1 Å². The van der Waals surface area contributed by atoms with Crippen molar-refractivity contribution in [3.8, 4) is 6.07 Å². The largest absolute Gasteiger partial charge is 0.377 e. The minimum absolute atomic E-state index is 0.319. The number of nitriles is 1. The highest BCUT2D eigenvalue weighted by atomic mass is 16.6. The van der Waals surface area contributed by atoms with E-state index in [1.807, 2.05) is 13.0 Å². The molecule has 0 aromatic heterocycles. The monoisotopic (exact) mass is 124 g/mol.